The molecule has 1 aromatic heterocycles. The number of pyridine rings is 1. The molecule has 1 saturated heterocycles. The van der Waals surface area contributed by atoms with Crippen LogP contribution in [0.5, 0.6) is 0 Å². The monoisotopic (exact) mass is 370 g/mol. The van der Waals surface area contributed by atoms with Crippen molar-refractivity contribution in [2.24, 2.45) is 0 Å². The predicted octanol–water partition coefficient (Wildman–Crippen LogP) is 2.31. The number of rotatable bonds is 5. The number of benzene rings is 1. The maximum atomic E-state index is 12.9. The molecule has 1 unspecified atom stereocenters. The SMILES string of the molecule is CC1CN(CC2(c3ccncc3)CC2)CCN1S(=O)(=O)c1cc[c]cc1. The van der Waals surface area contributed by atoms with Gasteiger partial charge in [-0.3, -0.25) is 9.88 Å². The maximum absolute atomic E-state index is 12.9. The molecule has 1 aromatic carbocycles. The summed E-state index contributed by atoms with van der Waals surface area (Å²) in [7, 11) is -3.44. The van der Waals surface area contributed by atoms with Crippen LogP contribution in [0.2, 0.25) is 0 Å². The minimum absolute atomic E-state index is 0.0359. The number of nitrogens with zero attached hydrogens (tertiary/aromatic N) is 3. The highest BCUT2D eigenvalue weighted by Crippen LogP contribution is 2.48. The van der Waals surface area contributed by atoms with E-state index in [0.717, 1.165) is 19.6 Å². The van der Waals surface area contributed by atoms with Crippen molar-refractivity contribution in [3.8, 4) is 0 Å². The number of aromatic nitrogens is 1. The van der Waals surface area contributed by atoms with Gasteiger partial charge >= 0.3 is 0 Å². The highest BCUT2D eigenvalue weighted by molar-refractivity contribution is 7.89. The Hall–Kier alpha value is -1.76. The van der Waals surface area contributed by atoms with Gasteiger partial charge in [-0.2, -0.15) is 4.31 Å². The van der Waals surface area contributed by atoms with E-state index < -0.39 is 10.0 Å². The summed E-state index contributed by atoms with van der Waals surface area (Å²) in [5.74, 6) is 0. The maximum Gasteiger partial charge on any atom is 0.243 e. The molecule has 0 amide bonds. The minimum atomic E-state index is -3.44. The molecule has 5 nitrogen and oxygen atoms in total. The number of piperazine rings is 1. The van der Waals surface area contributed by atoms with Crippen LogP contribution in [-0.2, 0) is 15.4 Å². The van der Waals surface area contributed by atoms with E-state index in [-0.39, 0.29) is 11.5 Å². The Kier molecular flexibility index (Phi) is 4.59. The highest BCUT2D eigenvalue weighted by Gasteiger charge is 2.46. The molecular weight excluding hydrogens is 346 g/mol. The van der Waals surface area contributed by atoms with Crippen LogP contribution < -0.4 is 0 Å². The van der Waals surface area contributed by atoms with E-state index in [1.807, 2.05) is 19.3 Å². The van der Waals surface area contributed by atoms with Crippen molar-refractivity contribution in [2.45, 2.75) is 36.1 Å². The lowest BCUT2D eigenvalue weighted by atomic mass is 9.96. The Balaban J connectivity index is 1.45. The van der Waals surface area contributed by atoms with E-state index in [1.165, 1.54) is 18.4 Å². The summed E-state index contributed by atoms with van der Waals surface area (Å²) >= 11 is 0. The molecule has 1 aliphatic heterocycles. The fraction of sp³-hybridized carbons (Fsp3) is 0.450. The van der Waals surface area contributed by atoms with Gasteiger partial charge in [0.1, 0.15) is 0 Å². The standard InChI is InChI=1S/C20H24N3O2S/c1-17-15-22(16-20(9-10-20)18-7-11-21-12-8-18)13-14-23(17)26(24,25)19-5-3-2-4-6-19/h3-8,11-12,17H,9-10,13-16H2,1H3. The Morgan fingerprint density at radius 2 is 1.85 bits per heavy atom. The minimum Gasteiger partial charge on any atom is -0.300 e. The molecule has 1 atom stereocenters. The largest absolute Gasteiger partial charge is 0.300 e. The van der Waals surface area contributed by atoms with Crippen LogP contribution in [0.3, 0.4) is 0 Å². The smallest absolute Gasteiger partial charge is 0.243 e. The number of hydrogen-bond acceptors (Lipinski definition) is 4. The van der Waals surface area contributed by atoms with E-state index in [0.29, 0.717) is 11.4 Å². The fourth-order valence-corrected chi connectivity index (χ4v) is 5.63. The first-order valence-electron chi connectivity index (χ1n) is 9.12. The van der Waals surface area contributed by atoms with Crippen LogP contribution in [0.25, 0.3) is 0 Å². The summed E-state index contributed by atoms with van der Waals surface area (Å²) in [4.78, 5) is 6.90. The first kappa shape index (κ1) is 17.6. The summed E-state index contributed by atoms with van der Waals surface area (Å²) in [6.45, 7) is 5.08. The van der Waals surface area contributed by atoms with Gasteiger partial charge < -0.3 is 0 Å². The Morgan fingerprint density at radius 1 is 1.15 bits per heavy atom. The zero-order valence-corrected chi connectivity index (χ0v) is 15.8. The van der Waals surface area contributed by atoms with E-state index in [2.05, 4.69) is 28.1 Å². The molecule has 0 N–H and O–H groups in total. The zero-order valence-electron chi connectivity index (χ0n) is 15.0. The van der Waals surface area contributed by atoms with E-state index in [9.17, 15) is 8.42 Å². The molecule has 1 radical (unpaired) electrons. The normalized spacial score (nSPS) is 23.7. The van der Waals surface area contributed by atoms with Gasteiger partial charge in [0.25, 0.3) is 0 Å². The average molecular weight is 370 g/mol. The van der Waals surface area contributed by atoms with Crippen molar-refractivity contribution < 1.29 is 8.42 Å². The topological polar surface area (TPSA) is 53.5 Å². The molecule has 2 fully saturated rings. The van der Waals surface area contributed by atoms with Gasteiger partial charge in [0.15, 0.2) is 0 Å². The van der Waals surface area contributed by atoms with Crippen LogP contribution in [0.4, 0.5) is 0 Å². The van der Waals surface area contributed by atoms with Crippen LogP contribution >= 0.6 is 0 Å². The Labute approximate surface area is 155 Å². The van der Waals surface area contributed by atoms with Crippen LogP contribution in [0.15, 0.2) is 53.7 Å². The molecule has 1 saturated carbocycles. The van der Waals surface area contributed by atoms with Crippen LogP contribution in [-0.4, -0.2) is 54.8 Å². The van der Waals surface area contributed by atoms with Gasteiger partial charge in [-0.1, -0.05) is 12.1 Å². The fourth-order valence-electron chi connectivity index (χ4n) is 4.02. The number of hydrogen-bond donors (Lipinski definition) is 0. The molecule has 2 heterocycles. The second-order valence-corrected chi connectivity index (χ2v) is 9.34. The van der Waals surface area contributed by atoms with E-state index in [1.54, 1.807) is 28.6 Å². The van der Waals surface area contributed by atoms with Crippen molar-refractivity contribution in [2.75, 3.05) is 26.2 Å². The quantitative estimate of drug-likeness (QED) is 0.810. The Morgan fingerprint density at radius 3 is 2.46 bits per heavy atom. The third kappa shape index (κ3) is 3.29. The third-order valence-corrected chi connectivity index (χ3v) is 7.65. The molecule has 1 aliphatic carbocycles. The summed E-state index contributed by atoms with van der Waals surface area (Å²) < 4.78 is 27.5. The van der Waals surface area contributed by atoms with Crippen molar-refractivity contribution in [1.82, 2.24) is 14.2 Å². The molecule has 26 heavy (non-hydrogen) atoms. The average Bonchev–Trinajstić information content (AvgIpc) is 3.44. The molecule has 2 aliphatic rings. The summed E-state index contributed by atoms with van der Waals surface area (Å²) in [6, 6.07) is 13.6. The third-order valence-electron chi connectivity index (χ3n) is 5.62. The predicted molar refractivity (Wildman–Crippen MR) is 100 cm³/mol. The van der Waals surface area contributed by atoms with Gasteiger partial charge in [0, 0.05) is 50.0 Å². The molecule has 0 spiro atoms. The van der Waals surface area contributed by atoms with Gasteiger partial charge in [-0.05, 0) is 55.7 Å². The summed E-state index contributed by atoms with van der Waals surface area (Å²) in [6.07, 6.45) is 6.12. The molecule has 4 rings (SSSR count). The van der Waals surface area contributed by atoms with Crippen molar-refractivity contribution in [1.29, 1.82) is 0 Å². The van der Waals surface area contributed by atoms with Gasteiger partial charge in [-0.25, -0.2) is 8.42 Å². The molecule has 0 bridgehead atoms. The molecule has 137 valence electrons. The lowest BCUT2D eigenvalue weighted by molar-refractivity contribution is 0.134. The van der Waals surface area contributed by atoms with Gasteiger partial charge in [0.2, 0.25) is 10.0 Å². The van der Waals surface area contributed by atoms with E-state index >= 15 is 0 Å². The highest BCUT2D eigenvalue weighted by atomic mass is 32.2. The summed E-state index contributed by atoms with van der Waals surface area (Å²) in [5, 5.41) is 0. The number of sulfonamides is 1. The van der Waals surface area contributed by atoms with Gasteiger partial charge in [-0.15, -0.1) is 0 Å². The second-order valence-electron chi connectivity index (χ2n) is 7.45. The van der Waals surface area contributed by atoms with Crippen molar-refractivity contribution in [3.05, 3.63) is 60.4 Å². The Bertz CT molecular complexity index is 851. The lowest BCUT2D eigenvalue weighted by Gasteiger charge is -2.40. The zero-order chi connectivity index (χ0) is 18.2. The van der Waals surface area contributed by atoms with E-state index in [4.69, 9.17) is 0 Å². The van der Waals surface area contributed by atoms with Crippen LogP contribution in [0.1, 0.15) is 25.3 Å². The molecule has 6 heteroatoms. The van der Waals surface area contributed by atoms with Gasteiger partial charge in [0.05, 0.1) is 4.90 Å². The van der Waals surface area contributed by atoms with Crippen molar-refractivity contribution in [3.63, 3.8) is 0 Å². The molecule has 2 aromatic rings. The molecular formula is C20H24N3O2S. The lowest BCUT2D eigenvalue weighted by Crippen LogP contribution is -2.55. The summed E-state index contributed by atoms with van der Waals surface area (Å²) in [5.41, 5.74) is 1.59. The van der Waals surface area contributed by atoms with Crippen LogP contribution in [0, 0.1) is 6.07 Å². The first-order valence-corrected chi connectivity index (χ1v) is 10.6. The first-order chi connectivity index (χ1) is 12.5. The second kappa shape index (κ2) is 6.76. The van der Waals surface area contributed by atoms with Crippen molar-refractivity contribution >= 4 is 10.0 Å².